The summed E-state index contributed by atoms with van der Waals surface area (Å²) in [6, 6.07) is -0.289. The summed E-state index contributed by atoms with van der Waals surface area (Å²) in [7, 11) is 3.44. The number of hydrogen-bond acceptors (Lipinski definition) is 5. The van der Waals surface area contributed by atoms with Crippen molar-refractivity contribution < 1.29 is 14.2 Å². The van der Waals surface area contributed by atoms with Crippen molar-refractivity contribution >= 4 is 0 Å². The van der Waals surface area contributed by atoms with Crippen LogP contribution in [0.2, 0.25) is 0 Å². The van der Waals surface area contributed by atoms with Gasteiger partial charge in [-0.15, -0.1) is 0 Å². The molecule has 1 aliphatic rings. The lowest BCUT2D eigenvalue weighted by atomic mass is 10.1. The maximum Gasteiger partial charge on any atom is 0.161 e. The van der Waals surface area contributed by atoms with Gasteiger partial charge in [0.25, 0.3) is 0 Å². The monoisotopic (exact) mass is 227 g/mol. The van der Waals surface area contributed by atoms with Gasteiger partial charge in [0.1, 0.15) is 6.10 Å². The summed E-state index contributed by atoms with van der Waals surface area (Å²) in [5.41, 5.74) is 6.98. The predicted octanol–water partition coefficient (Wildman–Crippen LogP) is -0.156. The normalized spacial score (nSPS) is 23.1. The van der Waals surface area contributed by atoms with E-state index in [9.17, 15) is 0 Å². The highest BCUT2D eigenvalue weighted by molar-refractivity contribution is 5.28. The summed E-state index contributed by atoms with van der Waals surface area (Å²) in [6.07, 6.45) is 1.51. The summed E-state index contributed by atoms with van der Waals surface area (Å²) in [4.78, 5) is 0. The first-order chi connectivity index (χ1) is 7.74. The van der Waals surface area contributed by atoms with Crippen LogP contribution >= 0.6 is 0 Å². The molecule has 2 unspecified atom stereocenters. The van der Waals surface area contributed by atoms with E-state index in [0.717, 1.165) is 5.69 Å². The van der Waals surface area contributed by atoms with Gasteiger partial charge in [-0.1, -0.05) is 0 Å². The fraction of sp³-hybridized carbons (Fsp3) is 0.700. The van der Waals surface area contributed by atoms with Crippen molar-refractivity contribution in [1.29, 1.82) is 0 Å². The van der Waals surface area contributed by atoms with Crippen LogP contribution in [0.1, 0.15) is 11.7 Å². The molecule has 2 rings (SSSR count). The average Bonchev–Trinajstić information content (AvgIpc) is 2.70. The molecule has 90 valence electrons. The molecule has 0 radical (unpaired) electrons. The molecule has 2 heterocycles. The van der Waals surface area contributed by atoms with E-state index in [-0.39, 0.29) is 12.1 Å². The van der Waals surface area contributed by atoms with Crippen LogP contribution in [0, 0.1) is 0 Å². The Balaban J connectivity index is 2.18. The minimum Gasteiger partial charge on any atom is -0.493 e. The van der Waals surface area contributed by atoms with Crippen LogP contribution in [-0.4, -0.2) is 42.8 Å². The lowest BCUT2D eigenvalue weighted by Crippen LogP contribution is -2.38. The zero-order valence-electron chi connectivity index (χ0n) is 9.55. The molecule has 0 spiro atoms. The Morgan fingerprint density at radius 3 is 3.06 bits per heavy atom. The van der Waals surface area contributed by atoms with Gasteiger partial charge in [0, 0.05) is 7.05 Å². The van der Waals surface area contributed by atoms with Crippen LogP contribution in [0.3, 0.4) is 0 Å². The first kappa shape index (κ1) is 11.4. The van der Waals surface area contributed by atoms with Gasteiger partial charge in [0.05, 0.1) is 44.9 Å². The van der Waals surface area contributed by atoms with Crippen molar-refractivity contribution in [3.05, 3.63) is 11.9 Å². The van der Waals surface area contributed by atoms with Crippen molar-refractivity contribution in [2.75, 3.05) is 26.9 Å². The minimum absolute atomic E-state index is 0.141. The van der Waals surface area contributed by atoms with Crippen LogP contribution < -0.4 is 10.5 Å². The number of aryl methyl sites for hydroxylation is 1. The molecule has 1 aromatic heterocycles. The van der Waals surface area contributed by atoms with Gasteiger partial charge in [0.15, 0.2) is 5.75 Å². The molecule has 16 heavy (non-hydrogen) atoms. The van der Waals surface area contributed by atoms with E-state index in [0.29, 0.717) is 25.6 Å². The number of nitrogens with two attached hydrogens (primary N) is 1. The topological polar surface area (TPSA) is 71.5 Å². The van der Waals surface area contributed by atoms with Crippen LogP contribution in [0.5, 0.6) is 5.75 Å². The molecular formula is C10H17N3O3. The summed E-state index contributed by atoms with van der Waals surface area (Å²) in [6.45, 7) is 1.72. The van der Waals surface area contributed by atoms with Gasteiger partial charge >= 0.3 is 0 Å². The average molecular weight is 227 g/mol. The third-order valence-electron chi connectivity index (χ3n) is 2.73. The van der Waals surface area contributed by atoms with Crippen LogP contribution in [0.4, 0.5) is 0 Å². The van der Waals surface area contributed by atoms with Crippen LogP contribution in [-0.2, 0) is 16.5 Å². The van der Waals surface area contributed by atoms with Crippen molar-refractivity contribution in [2.45, 2.75) is 12.1 Å². The quantitative estimate of drug-likeness (QED) is 0.777. The third kappa shape index (κ3) is 2.04. The van der Waals surface area contributed by atoms with Crippen LogP contribution in [0.15, 0.2) is 6.20 Å². The number of methoxy groups -OCH3 is 1. The van der Waals surface area contributed by atoms with E-state index < -0.39 is 0 Å². The largest absolute Gasteiger partial charge is 0.493 e. The van der Waals surface area contributed by atoms with Crippen molar-refractivity contribution in [2.24, 2.45) is 12.8 Å². The molecule has 1 saturated heterocycles. The van der Waals surface area contributed by atoms with Gasteiger partial charge in [-0.25, -0.2) is 0 Å². The summed E-state index contributed by atoms with van der Waals surface area (Å²) in [5, 5.41) is 4.12. The highest BCUT2D eigenvalue weighted by atomic mass is 16.6. The standard InChI is InChI=1S/C10H17N3O3/c1-13-10(7(14-2)5-12-13)9(11)8-6-15-3-4-16-8/h5,8-9H,3-4,6,11H2,1-2H3. The van der Waals surface area contributed by atoms with Gasteiger partial charge < -0.3 is 19.9 Å². The number of hydrogen-bond donors (Lipinski definition) is 1. The maximum atomic E-state index is 6.15. The molecule has 0 bridgehead atoms. The zero-order valence-corrected chi connectivity index (χ0v) is 9.55. The minimum atomic E-state index is -0.289. The summed E-state index contributed by atoms with van der Waals surface area (Å²) in [5.74, 6) is 0.684. The Kier molecular flexibility index (Phi) is 3.42. The Bertz CT molecular complexity index is 347. The molecule has 0 aromatic carbocycles. The Hall–Kier alpha value is -1.11. The summed E-state index contributed by atoms with van der Waals surface area (Å²) < 4.78 is 17.8. The fourth-order valence-electron chi connectivity index (χ4n) is 1.85. The lowest BCUT2D eigenvalue weighted by Gasteiger charge is -2.28. The maximum absolute atomic E-state index is 6.15. The Morgan fingerprint density at radius 2 is 2.44 bits per heavy atom. The Morgan fingerprint density at radius 1 is 1.62 bits per heavy atom. The highest BCUT2D eigenvalue weighted by Crippen LogP contribution is 2.26. The first-order valence-corrected chi connectivity index (χ1v) is 5.25. The molecule has 6 heteroatoms. The summed E-state index contributed by atoms with van der Waals surface area (Å²) >= 11 is 0. The molecular weight excluding hydrogens is 210 g/mol. The van der Waals surface area contributed by atoms with Crippen molar-refractivity contribution in [3.63, 3.8) is 0 Å². The lowest BCUT2D eigenvalue weighted by molar-refractivity contribution is -0.0985. The van der Waals surface area contributed by atoms with E-state index in [4.69, 9.17) is 19.9 Å². The molecule has 0 saturated carbocycles. The first-order valence-electron chi connectivity index (χ1n) is 5.25. The van der Waals surface area contributed by atoms with E-state index in [1.165, 1.54) is 0 Å². The van der Waals surface area contributed by atoms with Crippen molar-refractivity contribution in [3.8, 4) is 5.75 Å². The molecule has 2 atom stereocenters. The van der Waals surface area contributed by atoms with E-state index in [1.54, 1.807) is 18.0 Å². The molecule has 1 fully saturated rings. The van der Waals surface area contributed by atoms with Crippen LogP contribution in [0.25, 0.3) is 0 Å². The second-order valence-electron chi connectivity index (χ2n) is 3.73. The van der Waals surface area contributed by atoms with Crippen molar-refractivity contribution in [1.82, 2.24) is 9.78 Å². The molecule has 1 aromatic rings. The zero-order chi connectivity index (χ0) is 11.5. The fourth-order valence-corrected chi connectivity index (χ4v) is 1.85. The van der Waals surface area contributed by atoms with E-state index >= 15 is 0 Å². The second kappa shape index (κ2) is 4.82. The van der Waals surface area contributed by atoms with E-state index in [1.807, 2.05) is 7.05 Å². The molecule has 1 aliphatic heterocycles. The number of ether oxygens (including phenoxy) is 3. The smallest absolute Gasteiger partial charge is 0.161 e. The SMILES string of the molecule is COc1cnn(C)c1C(N)C1COCCO1. The molecule has 2 N–H and O–H groups in total. The highest BCUT2D eigenvalue weighted by Gasteiger charge is 2.28. The molecule has 0 aliphatic carbocycles. The van der Waals surface area contributed by atoms with Gasteiger partial charge in [-0.05, 0) is 0 Å². The molecule has 6 nitrogen and oxygen atoms in total. The van der Waals surface area contributed by atoms with Gasteiger partial charge in [0.2, 0.25) is 0 Å². The number of aromatic nitrogens is 2. The Labute approximate surface area is 94.3 Å². The number of rotatable bonds is 3. The second-order valence-corrected chi connectivity index (χ2v) is 3.73. The predicted molar refractivity (Wildman–Crippen MR) is 57.2 cm³/mol. The van der Waals surface area contributed by atoms with Gasteiger partial charge in [-0.3, -0.25) is 4.68 Å². The third-order valence-corrected chi connectivity index (χ3v) is 2.73. The molecule has 0 amide bonds. The van der Waals surface area contributed by atoms with Gasteiger partial charge in [-0.2, -0.15) is 5.10 Å². The number of nitrogens with zero attached hydrogens (tertiary/aromatic N) is 2. The van der Waals surface area contributed by atoms with E-state index in [2.05, 4.69) is 5.10 Å².